The molecule has 0 heterocycles. The lowest BCUT2D eigenvalue weighted by molar-refractivity contribution is -0.384. The number of carbonyl (C=O) groups excluding carboxylic acids is 1. The molecule has 5 nitrogen and oxygen atoms in total. The average Bonchev–Trinajstić information content (AvgIpc) is 2.28. The van der Waals surface area contributed by atoms with Crippen LogP contribution in [0.15, 0.2) is 24.3 Å². The standard InChI is InChI=1S/C11H10ClNO4/c1-2-17-11(14)6-3-8-7-9(13(15)16)4-5-10(8)12/h3-7H,2H2,1H3/b6-3+. The molecule has 0 aliphatic carbocycles. The molecule has 1 aromatic rings. The van der Waals surface area contributed by atoms with Crippen LogP contribution < -0.4 is 0 Å². The van der Waals surface area contributed by atoms with Gasteiger partial charge in [-0.25, -0.2) is 4.79 Å². The number of ether oxygens (including phenoxy) is 1. The van der Waals surface area contributed by atoms with Gasteiger partial charge in [-0.3, -0.25) is 10.1 Å². The number of hydrogen-bond donors (Lipinski definition) is 0. The van der Waals surface area contributed by atoms with Crippen molar-refractivity contribution in [1.82, 2.24) is 0 Å². The van der Waals surface area contributed by atoms with Crippen molar-refractivity contribution in [2.45, 2.75) is 6.92 Å². The zero-order valence-corrected chi connectivity index (χ0v) is 9.81. The van der Waals surface area contributed by atoms with Gasteiger partial charge in [-0.15, -0.1) is 0 Å². The van der Waals surface area contributed by atoms with Crippen LogP contribution in [0.3, 0.4) is 0 Å². The number of non-ortho nitro benzene ring substituents is 1. The third kappa shape index (κ3) is 3.88. The van der Waals surface area contributed by atoms with Gasteiger partial charge in [0.2, 0.25) is 0 Å². The van der Waals surface area contributed by atoms with Gasteiger partial charge in [0.1, 0.15) is 0 Å². The molecule has 0 fully saturated rings. The van der Waals surface area contributed by atoms with E-state index in [2.05, 4.69) is 4.74 Å². The lowest BCUT2D eigenvalue weighted by Crippen LogP contribution is -1.98. The number of carbonyl (C=O) groups is 1. The summed E-state index contributed by atoms with van der Waals surface area (Å²) in [6, 6.07) is 3.99. The van der Waals surface area contributed by atoms with E-state index in [-0.39, 0.29) is 12.3 Å². The molecule has 0 aliphatic rings. The van der Waals surface area contributed by atoms with Gasteiger partial charge in [0, 0.05) is 28.8 Å². The van der Waals surface area contributed by atoms with Crippen molar-refractivity contribution in [2.24, 2.45) is 0 Å². The topological polar surface area (TPSA) is 69.4 Å². The summed E-state index contributed by atoms with van der Waals surface area (Å²) in [6.45, 7) is 1.96. The Balaban J connectivity index is 2.93. The van der Waals surface area contributed by atoms with E-state index in [0.717, 1.165) is 0 Å². The molecule has 0 saturated carbocycles. The Morgan fingerprint density at radius 2 is 2.29 bits per heavy atom. The predicted molar refractivity (Wildman–Crippen MR) is 63.8 cm³/mol. The van der Waals surface area contributed by atoms with E-state index in [1.807, 2.05) is 0 Å². The van der Waals surface area contributed by atoms with Gasteiger partial charge in [-0.1, -0.05) is 11.6 Å². The first-order valence-electron chi connectivity index (χ1n) is 4.83. The summed E-state index contributed by atoms with van der Waals surface area (Å²) in [6.07, 6.45) is 2.56. The first-order chi connectivity index (χ1) is 8.04. The Morgan fingerprint density at radius 1 is 1.59 bits per heavy atom. The minimum Gasteiger partial charge on any atom is -0.463 e. The quantitative estimate of drug-likeness (QED) is 0.359. The lowest BCUT2D eigenvalue weighted by atomic mass is 10.2. The molecular formula is C11H10ClNO4. The molecule has 0 atom stereocenters. The Morgan fingerprint density at radius 3 is 2.88 bits per heavy atom. The lowest BCUT2D eigenvalue weighted by Gasteiger charge is -1.98. The van der Waals surface area contributed by atoms with Crippen LogP contribution >= 0.6 is 11.6 Å². The summed E-state index contributed by atoms with van der Waals surface area (Å²) in [5.74, 6) is -0.518. The summed E-state index contributed by atoms with van der Waals surface area (Å²) >= 11 is 5.84. The predicted octanol–water partition coefficient (Wildman–Crippen LogP) is 2.82. The molecule has 6 heteroatoms. The number of nitro benzene ring substituents is 1. The van der Waals surface area contributed by atoms with Gasteiger partial charge < -0.3 is 4.74 Å². The fraction of sp³-hybridized carbons (Fsp3) is 0.182. The summed E-state index contributed by atoms with van der Waals surface area (Å²) in [7, 11) is 0. The molecule has 0 saturated heterocycles. The molecular weight excluding hydrogens is 246 g/mol. The second kappa shape index (κ2) is 6.00. The van der Waals surface area contributed by atoms with Crippen LogP contribution in [0.5, 0.6) is 0 Å². The average molecular weight is 256 g/mol. The molecule has 0 N–H and O–H groups in total. The van der Waals surface area contributed by atoms with E-state index in [9.17, 15) is 14.9 Å². The third-order valence-electron chi connectivity index (χ3n) is 1.88. The van der Waals surface area contributed by atoms with Gasteiger partial charge >= 0.3 is 5.97 Å². The molecule has 90 valence electrons. The van der Waals surface area contributed by atoms with Crippen LogP contribution in [0.2, 0.25) is 5.02 Å². The molecule has 0 aliphatic heterocycles. The number of esters is 1. The zero-order valence-electron chi connectivity index (χ0n) is 9.05. The largest absolute Gasteiger partial charge is 0.463 e. The van der Waals surface area contributed by atoms with Gasteiger partial charge in [-0.2, -0.15) is 0 Å². The van der Waals surface area contributed by atoms with E-state index < -0.39 is 10.9 Å². The summed E-state index contributed by atoms with van der Waals surface area (Å²) in [4.78, 5) is 21.1. The summed E-state index contributed by atoms with van der Waals surface area (Å²) in [5.41, 5.74) is 0.312. The fourth-order valence-electron chi connectivity index (χ4n) is 1.12. The maximum atomic E-state index is 11.1. The second-order valence-corrected chi connectivity index (χ2v) is 3.46. The third-order valence-corrected chi connectivity index (χ3v) is 2.22. The molecule has 17 heavy (non-hydrogen) atoms. The van der Waals surface area contributed by atoms with Crippen molar-refractivity contribution in [3.8, 4) is 0 Å². The Bertz CT molecular complexity index is 471. The Kier molecular flexibility index (Phi) is 4.66. The minimum atomic E-state index is -0.530. The van der Waals surface area contributed by atoms with Crippen LogP contribution in [-0.4, -0.2) is 17.5 Å². The van der Waals surface area contributed by atoms with E-state index in [0.29, 0.717) is 10.6 Å². The van der Waals surface area contributed by atoms with Gasteiger partial charge in [0.25, 0.3) is 5.69 Å². The highest BCUT2D eigenvalue weighted by atomic mass is 35.5. The first kappa shape index (κ1) is 13.2. The highest BCUT2D eigenvalue weighted by Crippen LogP contribution is 2.23. The Labute approximate surface area is 103 Å². The van der Waals surface area contributed by atoms with Crippen molar-refractivity contribution < 1.29 is 14.5 Å². The van der Waals surface area contributed by atoms with Crippen LogP contribution in [0, 0.1) is 10.1 Å². The minimum absolute atomic E-state index is 0.0853. The SMILES string of the molecule is CCOC(=O)/C=C/c1cc([N+](=O)[O-])ccc1Cl. The monoisotopic (exact) mass is 255 g/mol. The normalized spacial score (nSPS) is 10.5. The number of benzene rings is 1. The highest BCUT2D eigenvalue weighted by molar-refractivity contribution is 6.32. The van der Waals surface area contributed by atoms with E-state index in [1.54, 1.807) is 6.92 Å². The maximum absolute atomic E-state index is 11.1. The van der Waals surface area contributed by atoms with Gasteiger partial charge in [0.05, 0.1) is 11.5 Å². The second-order valence-electron chi connectivity index (χ2n) is 3.05. The van der Waals surface area contributed by atoms with Crippen molar-refractivity contribution in [2.75, 3.05) is 6.61 Å². The fourth-order valence-corrected chi connectivity index (χ4v) is 1.30. The van der Waals surface area contributed by atoms with Crippen LogP contribution in [0.1, 0.15) is 12.5 Å². The number of nitro groups is 1. The number of halogens is 1. The maximum Gasteiger partial charge on any atom is 0.330 e. The number of hydrogen-bond acceptors (Lipinski definition) is 4. The summed E-state index contributed by atoms with van der Waals surface area (Å²) in [5, 5.41) is 10.9. The molecule has 0 radical (unpaired) electrons. The number of nitrogens with zero attached hydrogens (tertiary/aromatic N) is 1. The molecule has 0 unspecified atom stereocenters. The van der Waals surface area contributed by atoms with E-state index in [4.69, 9.17) is 11.6 Å². The van der Waals surface area contributed by atoms with Crippen LogP contribution in [-0.2, 0) is 9.53 Å². The molecule has 0 bridgehead atoms. The van der Waals surface area contributed by atoms with Crippen molar-refractivity contribution in [1.29, 1.82) is 0 Å². The first-order valence-corrected chi connectivity index (χ1v) is 5.21. The van der Waals surface area contributed by atoms with Crippen molar-refractivity contribution in [3.63, 3.8) is 0 Å². The molecule has 0 aromatic heterocycles. The summed E-state index contributed by atoms with van der Waals surface area (Å²) < 4.78 is 4.68. The number of rotatable bonds is 4. The van der Waals surface area contributed by atoms with Crippen LogP contribution in [0.4, 0.5) is 5.69 Å². The molecule has 1 aromatic carbocycles. The Hall–Kier alpha value is -1.88. The van der Waals surface area contributed by atoms with E-state index >= 15 is 0 Å². The molecule has 0 spiro atoms. The van der Waals surface area contributed by atoms with Crippen molar-refractivity contribution in [3.05, 3.63) is 45.0 Å². The van der Waals surface area contributed by atoms with E-state index in [1.165, 1.54) is 30.4 Å². The van der Waals surface area contributed by atoms with Crippen LogP contribution in [0.25, 0.3) is 6.08 Å². The zero-order chi connectivity index (χ0) is 12.8. The molecule has 0 amide bonds. The molecule has 1 rings (SSSR count). The van der Waals surface area contributed by atoms with Gasteiger partial charge in [0.15, 0.2) is 0 Å². The smallest absolute Gasteiger partial charge is 0.330 e. The van der Waals surface area contributed by atoms with Gasteiger partial charge in [-0.05, 0) is 19.1 Å². The van der Waals surface area contributed by atoms with Crippen molar-refractivity contribution >= 4 is 29.3 Å². The highest BCUT2D eigenvalue weighted by Gasteiger charge is 2.08.